The van der Waals surface area contributed by atoms with Crippen molar-refractivity contribution in [1.29, 1.82) is 0 Å². The number of rotatable bonds is 12. The average molecular weight is 603 g/mol. The van der Waals surface area contributed by atoms with Gasteiger partial charge in [0.05, 0.1) is 25.7 Å². The normalized spacial score (nSPS) is 12.8. The lowest BCUT2D eigenvalue weighted by molar-refractivity contribution is -0.143. The van der Waals surface area contributed by atoms with Crippen LogP contribution in [0.4, 0.5) is 8.78 Å². The van der Waals surface area contributed by atoms with Gasteiger partial charge in [0.15, 0.2) is 0 Å². The number of esters is 1. The zero-order valence-electron chi connectivity index (χ0n) is 24.8. The second-order valence-electron chi connectivity index (χ2n) is 10.7. The van der Waals surface area contributed by atoms with Crippen LogP contribution in [-0.2, 0) is 16.1 Å². The maximum Gasteiger partial charge on any atom is 0.308 e. The Morgan fingerprint density at radius 1 is 0.886 bits per heavy atom. The Morgan fingerprint density at radius 3 is 2.07 bits per heavy atom. The van der Waals surface area contributed by atoms with E-state index in [9.17, 15) is 28.6 Å². The van der Waals surface area contributed by atoms with Crippen molar-refractivity contribution in [2.75, 3.05) is 7.11 Å². The van der Waals surface area contributed by atoms with Crippen LogP contribution in [0.1, 0.15) is 54.5 Å². The van der Waals surface area contributed by atoms with Crippen LogP contribution >= 0.6 is 0 Å². The van der Waals surface area contributed by atoms with E-state index in [4.69, 9.17) is 0 Å². The third-order valence-electron chi connectivity index (χ3n) is 7.16. The van der Waals surface area contributed by atoms with E-state index in [2.05, 4.69) is 10.1 Å². The second-order valence-corrected chi connectivity index (χ2v) is 10.7. The third-order valence-corrected chi connectivity index (χ3v) is 7.16. The molecule has 2 atom stereocenters. The smallest absolute Gasteiger partial charge is 0.308 e. The van der Waals surface area contributed by atoms with Crippen LogP contribution in [0, 0.1) is 11.6 Å². The maximum absolute atomic E-state index is 14.1. The number of ether oxygens (including phenoxy) is 1. The monoisotopic (exact) mass is 602 g/mol. The summed E-state index contributed by atoms with van der Waals surface area (Å²) in [6.07, 6.45) is 0.552. The number of aliphatic hydroxyl groups is 2. The van der Waals surface area contributed by atoms with Gasteiger partial charge in [-0.3, -0.25) is 9.59 Å². The summed E-state index contributed by atoms with van der Waals surface area (Å²) >= 11 is 0. The number of aromatic nitrogens is 1. The Hall–Kier alpha value is -4.60. The lowest BCUT2D eigenvalue weighted by Gasteiger charge is -2.17. The predicted octanol–water partition coefficient (Wildman–Crippen LogP) is 6.30. The van der Waals surface area contributed by atoms with Crippen molar-refractivity contribution in [3.63, 3.8) is 0 Å². The van der Waals surface area contributed by atoms with Gasteiger partial charge in [-0.15, -0.1) is 0 Å². The molecule has 0 aliphatic rings. The van der Waals surface area contributed by atoms with Gasteiger partial charge in [0.1, 0.15) is 17.3 Å². The van der Waals surface area contributed by atoms with Gasteiger partial charge < -0.3 is 24.8 Å². The summed E-state index contributed by atoms with van der Waals surface area (Å²) in [5, 5.41) is 24.0. The van der Waals surface area contributed by atoms with E-state index >= 15 is 0 Å². The standard InChI is InChI=1S/C35H36F2N2O5/c1-22(2)39-30(18-17-28(40)19-29(41)20-31(42)44-3)32(25-11-15-27(37)16-12-25)33(24-7-5-4-6-8-24)34(39)35(43)38-21-23-9-13-26(36)14-10-23/h4-18,22,28-29,40-41H,19-21H2,1-3H3,(H,38,43)/b18-17+/t28-,29-/m1/s1. The van der Waals surface area contributed by atoms with Crippen molar-refractivity contribution in [3.05, 3.63) is 114 Å². The highest BCUT2D eigenvalue weighted by atomic mass is 19.1. The van der Waals surface area contributed by atoms with E-state index in [1.807, 2.05) is 48.7 Å². The Labute approximate surface area is 255 Å². The predicted molar refractivity (Wildman–Crippen MR) is 166 cm³/mol. The Bertz CT molecular complexity index is 1600. The lowest BCUT2D eigenvalue weighted by Crippen LogP contribution is -2.27. The number of amides is 1. The number of nitrogens with zero attached hydrogens (tertiary/aromatic N) is 1. The molecule has 0 bridgehead atoms. The van der Waals surface area contributed by atoms with Gasteiger partial charge in [-0.05, 0) is 60.9 Å². The van der Waals surface area contributed by atoms with Crippen molar-refractivity contribution in [1.82, 2.24) is 9.88 Å². The summed E-state index contributed by atoms with van der Waals surface area (Å²) in [4.78, 5) is 25.6. The molecule has 0 saturated heterocycles. The summed E-state index contributed by atoms with van der Waals surface area (Å²) < 4.78 is 34.0. The van der Waals surface area contributed by atoms with E-state index in [1.165, 1.54) is 37.5 Å². The number of hydrogen-bond donors (Lipinski definition) is 3. The topological polar surface area (TPSA) is 101 Å². The van der Waals surface area contributed by atoms with Crippen LogP contribution in [0.15, 0.2) is 84.9 Å². The van der Waals surface area contributed by atoms with Crippen molar-refractivity contribution in [2.45, 2.75) is 51.5 Å². The van der Waals surface area contributed by atoms with Gasteiger partial charge in [-0.1, -0.05) is 60.7 Å². The number of methoxy groups -OCH3 is 1. The highest BCUT2D eigenvalue weighted by molar-refractivity contribution is 6.06. The van der Waals surface area contributed by atoms with Gasteiger partial charge in [0, 0.05) is 35.8 Å². The Balaban J connectivity index is 1.88. The zero-order chi connectivity index (χ0) is 31.8. The molecular formula is C35H36F2N2O5. The summed E-state index contributed by atoms with van der Waals surface area (Å²) in [6, 6.07) is 20.9. The molecule has 0 spiro atoms. The zero-order valence-corrected chi connectivity index (χ0v) is 24.8. The SMILES string of the molecule is COC(=O)C[C@H](O)C[C@H](O)/C=C/c1c(-c2ccc(F)cc2)c(-c2ccccc2)c(C(=O)NCc2ccc(F)cc2)n1C(C)C. The summed E-state index contributed by atoms with van der Waals surface area (Å²) in [5.41, 5.74) is 4.32. The molecule has 0 aliphatic carbocycles. The van der Waals surface area contributed by atoms with E-state index in [-0.39, 0.29) is 37.2 Å². The number of carbonyl (C=O) groups excluding carboxylic acids is 2. The molecule has 1 aromatic heterocycles. The van der Waals surface area contributed by atoms with Gasteiger partial charge in [-0.2, -0.15) is 0 Å². The van der Waals surface area contributed by atoms with Gasteiger partial charge in [-0.25, -0.2) is 8.78 Å². The number of hydrogen-bond acceptors (Lipinski definition) is 5. The van der Waals surface area contributed by atoms with E-state index in [1.54, 1.807) is 30.3 Å². The molecule has 0 saturated carbocycles. The molecule has 230 valence electrons. The molecule has 0 aliphatic heterocycles. The van der Waals surface area contributed by atoms with Gasteiger partial charge >= 0.3 is 5.97 Å². The summed E-state index contributed by atoms with van der Waals surface area (Å²) in [7, 11) is 1.22. The fourth-order valence-electron chi connectivity index (χ4n) is 5.11. The summed E-state index contributed by atoms with van der Waals surface area (Å²) in [5.74, 6) is -1.76. The van der Waals surface area contributed by atoms with E-state index < -0.39 is 24.0 Å². The maximum atomic E-state index is 14.1. The highest BCUT2D eigenvalue weighted by Crippen LogP contribution is 2.42. The quantitative estimate of drug-likeness (QED) is 0.165. The first kappa shape index (κ1) is 32.3. The molecule has 0 unspecified atom stereocenters. The molecular weight excluding hydrogens is 566 g/mol. The highest BCUT2D eigenvalue weighted by Gasteiger charge is 2.29. The first-order valence-electron chi connectivity index (χ1n) is 14.3. The molecule has 0 radical (unpaired) electrons. The number of benzene rings is 3. The fraction of sp³-hybridized carbons (Fsp3) is 0.257. The molecule has 9 heteroatoms. The molecule has 3 N–H and O–H groups in total. The number of aliphatic hydroxyl groups excluding tert-OH is 2. The van der Waals surface area contributed by atoms with Gasteiger partial charge in [0.25, 0.3) is 5.91 Å². The Kier molecular flexibility index (Phi) is 10.8. The molecule has 7 nitrogen and oxygen atoms in total. The molecule has 0 fully saturated rings. The van der Waals surface area contributed by atoms with Crippen LogP contribution in [0.5, 0.6) is 0 Å². The van der Waals surface area contributed by atoms with Crippen molar-refractivity contribution < 1.29 is 33.3 Å². The van der Waals surface area contributed by atoms with Gasteiger partial charge in [0.2, 0.25) is 0 Å². The molecule has 3 aromatic carbocycles. The van der Waals surface area contributed by atoms with Crippen LogP contribution in [-0.4, -0.2) is 46.0 Å². The second kappa shape index (κ2) is 14.7. The number of nitrogens with one attached hydrogen (secondary N) is 1. The molecule has 1 heterocycles. The van der Waals surface area contributed by atoms with Crippen LogP contribution in [0.2, 0.25) is 0 Å². The first-order chi connectivity index (χ1) is 21.1. The first-order valence-corrected chi connectivity index (χ1v) is 14.3. The van der Waals surface area contributed by atoms with E-state index in [0.29, 0.717) is 28.1 Å². The minimum absolute atomic E-state index is 0.115. The summed E-state index contributed by atoms with van der Waals surface area (Å²) in [6.45, 7) is 4.01. The van der Waals surface area contributed by atoms with Crippen molar-refractivity contribution in [3.8, 4) is 22.3 Å². The van der Waals surface area contributed by atoms with Crippen LogP contribution in [0.25, 0.3) is 28.3 Å². The van der Waals surface area contributed by atoms with Crippen LogP contribution < -0.4 is 5.32 Å². The number of carbonyl (C=O) groups is 2. The minimum Gasteiger partial charge on any atom is -0.469 e. The average Bonchev–Trinajstić information content (AvgIpc) is 3.35. The molecule has 4 rings (SSSR count). The number of halogens is 2. The van der Waals surface area contributed by atoms with E-state index in [0.717, 1.165) is 11.1 Å². The molecule has 44 heavy (non-hydrogen) atoms. The third kappa shape index (κ3) is 7.86. The molecule has 1 amide bonds. The van der Waals surface area contributed by atoms with Crippen LogP contribution in [0.3, 0.4) is 0 Å². The van der Waals surface area contributed by atoms with Crippen molar-refractivity contribution in [2.24, 2.45) is 0 Å². The Morgan fingerprint density at radius 2 is 1.48 bits per heavy atom. The lowest BCUT2D eigenvalue weighted by atomic mass is 9.94. The minimum atomic E-state index is -1.12. The van der Waals surface area contributed by atoms with Crippen molar-refractivity contribution >= 4 is 18.0 Å². The fourth-order valence-corrected chi connectivity index (χ4v) is 5.11. The molecule has 4 aromatic rings. The largest absolute Gasteiger partial charge is 0.469 e.